The molecule has 0 radical (unpaired) electrons. The monoisotopic (exact) mass is 463 g/mol. The Morgan fingerprint density at radius 3 is 2.48 bits per heavy atom. The second kappa shape index (κ2) is 9.95. The summed E-state index contributed by atoms with van der Waals surface area (Å²) in [6.07, 6.45) is 1.92. The average molecular weight is 464 g/mol. The predicted octanol–water partition coefficient (Wildman–Crippen LogP) is 5.63. The van der Waals surface area contributed by atoms with Gasteiger partial charge in [0.15, 0.2) is 0 Å². The zero-order chi connectivity index (χ0) is 23.4. The van der Waals surface area contributed by atoms with E-state index in [0.717, 1.165) is 39.6 Å². The van der Waals surface area contributed by atoms with Gasteiger partial charge in [-0.05, 0) is 34.9 Å². The maximum absolute atomic E-state index is 14.3. The van der Waals surface area contributed by atoms with E-state index in [9.17, 15) is 9.50 Å². The summed E-state index contributed by atoms with van der Waals surface area (Å²) in [5, 5.41) is 10.3. The quantitative estimate of drug-likeness (QED) is 0.258. The van der Waals surface area contributed by atoms with E-state index in [2.05, 4.69) is 40.2 Å². The van der Waals surface area contributed by atoms with Gasteiger partial charge in [-0.2, -0.15) is 0 Å². The topological polar surface area (TPSA) is 60.2 Å². The fourth-order valence-corrected chi connectivity index (χ4v) is 4.52. The third kappa shape index (κ3) is 5.55. The molecule has 172 valence electrons. The lowest BCUT2D eigenvalue weighted by Crippen LogP contribution is -2.22. The number of halogens is 1. The molecule has 0 spiro atoms. The number of aliphatic hydroxyl groups is 1. The third-order valence-electron chi connectivity index (χ3n) is 5.74. The van der Waals surface area contributed by atoms with Crippen LogP contribution < -0.4 is 0 Å². The number of hydrogen-bond acceptors (Lipinski definition) is 4. The fraction of sp³-hybridized carbons (Fsp3) is 0.308. The summed E-state index contributed by atoms with van der Waals surface area (Å²) in [5.74, 6) is -0.238. The van der Waals surface area contributed by atoms with Crippen LogP contribution in [0.2, 0.25) is 25.7 Å². The van der Waals surface area contributed by atoms with Gasteiger partial charge in [0.1, 0.15) is 24.5 Å². The van der Waals surface area contributed by atoms with Gasteiger partial charge in [-0.15, -0.1) is 0 Å². The predicted molar refractivity (Wildman–Crippen MR) is 132 cm³/mol. The molecule has 5 nitrogen and oxygen atoms in total. The molecule has 0 amide bonds. The second-order valence-corrected chi connectivity index (χ2v) is 15.1. The van der Waals surface area contributed by atoms with Crippen LogP contribution in [0.15, 0.2) is 60.9 Å². The summed E-state index contributed by atoms with van der Waals surface area (Å²) in [4.78, 5) is 9.05. The molecule has 0 aliphatic rings. The van der Waals surface area contributed by atoms with E-state index >= 15 is 0 Å². The molecule has 0 aliphatic heterocycles. The maximum Gasteiger partial charge on any atom is 0.145 e. The van der Waals surface area contributed by atoms with Gasteiger partial charge in [0.2, 0.25) is 0 Å². The van der Waals surface area contributed by atoms with Gasteiger partial charge in [0.05, 0.1) is 18.0 Å². The highest BCUT2D eigenvalue weighted by Crippen LogP contribution is 2.30. The van der Waals surface area contributed by atoms with Crippen LogP contribution in [-0.4, -0.2) is 34.3 Å². The van der Waals surface area contributed by atoms with Crippen molar-refractivity contribution >= 4 is 19.1 Å². The summed E-state index contributed by atoms with van der Waals surface area (Å²) < 4.78 is 22.5. The average Bonchev–Trinajstić information content (AvgIpc) is 3.17. The minimum Gasteiger partial charge on any atom is -0.392 e. The number of fused-ring (bicyclic) bond motifs is 1. The van der Waals surface area contributed by atoms with Crippen LogP contribution in [0.25, 0.3) is 22.3 Å². The first-order valence-corrected chi connectivity index (χ1v) is 14.9. The van der Waals surface area contributed by atoms with Gasteiger partial charge in [0.25, 0.3) is 0 Å². The SMILES string of the molecule is C[Si](C)(C)CCOCn1c(-c2ccc(CO)cc2)cc2c(Cc3ccccc3F)ncnc21. The highest BCUT2D eigenvalue weighted by molar-refractivity contribution is 6.76. The van der Waals surface area contributed by atoms with Crippen LogP contribution in [-0.2, 0) is 24.5 Å². The second-order valence-electron chi connectivity index (χ2n) is 9.49. The van der Waals surface area contributed by atoms with Crippen LogP contribution in [0.1, 0.15) is 16.8 Å². The Bertz CT molecular complexity index is 1230. The van der Waals surface area contributed by atoms with Crippen LogP contribution in [0.4, 0.5) is 4.39 Å². The number of benzene rings is 2. The molecule has 0 fully saturated rings. The maximum atomic E-state index is 14.3. The van der Waals surface area contributed by atoms with E-state index in [-0.39, 0.29) is 12.4 Å². The van der Waals surface area contributed by atoms with E-state index in [1.165, 1.54) is 12.4 Å². The number of ether oxygens (including phenoxy) is 1. The molecule has 0 atom stereocenters. The Morgan fingerprint density at radius 2 is 1.79 bits per heavy atom. The van der Waals surface area contributed by atoms with E-state index in [4.69, 9.17) is 4.74 Å². The Kier molecular flexibility index (Phi) is 7.02. The first kappa shape index (κ1) is 23.3. The lowest BCUT2D eigenvalue weighted by atomic mass is 10.1. The smallest absolute Gasteiger partial charge is 0.145 e. The molecule has 0 bridgehead atoms. The van der Waals surface area contributed by atoms with Gasteiger partial charge in [-0.1, -0.05) is 62.1 Å². The molecule has 0 saturated heterocycles. The third-order valence-corrected chi connectivity index (χ3v) is 7.44. The molecule has 4 rings (SSSR count). The van der Waals surface area contributed by atoms with Gasteiger partial charge >= 0.3 is 0 Å². The first-order valence-electron chi connectivity index (χ1n) is 11.2. The van der Waals surface area contributed by atoms with Crippen molar-refractivity contribution in [3.8, 4) is 11.3 Å². The Labute approximate surface area is 194 Å². The lowest BCUT2D eigenvalue weighted by Gasteiger charge is -2.16. The van der Waals surface area contributed by atoms with Crippen LogP contribution in [0, 0.1) is 5.82 Å². The molecule has 33 heavy (non-hydrogen) atoms. The van der Waals surface area contributed by atoms with Crippen molar-refractivity contribution in [2.24, 2.45) is 0 Å². The molecule has 1 N–H and O–H groups in total. The minimum atomic E-state index is -1.20. The largest absolute Gasteiger partial charge is 0.392 e. The van der Waals surface area contributed by atoms with E-state index in [1.807, 2.05) is 30.3 Å². The summed E-state index contributed by atoms with van der Waals surface area (Å²) in [5.41, 5.74) is 4.96. The number of aliphatic hydroxyl groups excluding tert-OH is 1. The van der Waals surface area contributed by atoms with E-state index < -0.39 is 8.07 Å². The molecule has 2 heterocycles. The lowest BCUT2D eigenvalue weighted by molar-refractivity contribution is 0.0909. The van der Waals surface area contributed by atoms with Crippen LogP contribution in [0.5, 0.6) is 0 Å². The van der Waals surface area contributed by atoms with Crippen molar-refractivity contribution in [3.63, 3.8) is 0 Å². The molecular formula is C26H30FN3O2Si. The van der Waals surface area contributed by atoms with E-state index in [0.29, 0.717) is 25.3 Å². The highest BCUT2D eigenvalue weighted by atomic mass is 28.3. The van der Waals surface area contributed by atoms with Crippen molar-refractivity contribution in [2.75, 3.05) is 6.61 Å². The fourth-order valence-electron chi connectivity index (χ4n) is 3.76. The summed E-state index contributed by atoms with van der Waals surface area (Å²) in [7, 11) is -1.20. The standard InChI is InChI=1S/C26H30FN3O2Si/c1-33(2,3)13-12-32-18-30-25(20-10-8-19(16-31)9-11-20)15-22-24(28-17-29-26(22)30)14-21-6-4-5-7-23(21)27/h4-11,15,17,31H,12-14,16,18H2,1-3H3. The molecule has 7 heteroatoms. The molecule has 0 saturated carbocycles. The Morgan fingerprint density at radius 1 is 1.03 bits per heavy atom. The van der Waals surface area contributed by atoms with Crippen LogP contribution >= 0.6 is 0 Å². The first-order chi connectivity index (χ1) is 15.9. The van der Waals surface area contributed by atoms with Crippen molar-refractivity contribution in [2.45, 2.75) is 45.4 Å². The highest BCUT2D eigenvalue weighted by Gasteiger charge is 2.18. The van der Waals surface area contributed by atoms with Crippen molar-refractivity contribution in [3.05, 3.63) is 83.6 Å². The summed E-state index contributed by atoms with van der Waals surface area (Å²) >= 11 is 0. The molecular weight excluding hydrogens is 433 g/mol. The number of hydrogen-bond donors (Lipinski definition) is 1. The number of nitrogens with zero attached hydrogens (tertiary/aromatic N) is 3. The molecule has 4 aromatic rings. The van der Waals surface area contributed by atoms with Gasteiger partial charge in [0, 0.05) is 26.5 Å². The number of rotatable bonds is 9. The zero-order valence-corrected chi connectivity index (χ0v) is 20.4. The summed E-state index contributed by atoms with van der Waals surface area (Å²) in [6, 6.07) is 17.7. The molecule has 2 aromatic heterocycles. The van der Waals surface area contributed by atoms with Gasteiger partial charge in [-0.25, -0.2) is 14.4 Å². The Hall–Kier alpha value is -2.87. The normalized spacial score (nSPS) is 11.9. The molecule has 0 aliphatic carbocycles. The van der Waals surface area contributed by atoms with Crippen LogP contribution in [0.3, 0.4) is 0 Å². The van der Waals surface area contributed by atoms with Crippen molar-refractivity contribution < 1.29 is 14.2 Å². The van der Waals surface area contributed by atoms with Gasteiger partial charge in [-0.3, -0.25) is 0 Å². The summed E-state index contributed by atoms with van der Waals surface area (Å²) in [6.45, 7) is 8.07. The van der Waals surface area contributed by atoms with Crippen molar-refractivity contribution in [1.29, 1.82) is 0 Å². The zero-order valence-electron chi connectivity index (χ0n) is 19.4. The number of aromatic nitrogens is 3. The Balaban J connectivity index is 1.74. The minimum absolute atomic E-state index is 0.00132. The molecule has 2 aromatic carbocycles. The van der Waals surface area contributed by atoms with E-state index in [1.54, 1.807) is 12.1 Å². The molecule has 0 unspecified atom stereocenters. The van der Waals surface area contributed by atoms with Gasteiger partial charge < -0.3 is 14.4 Å². The van der Waals surface area contributed by atoms with Crippen molar-refractivity contribution in [1.82, 2.24) is 14.5 Å².